The van der Waals surface area contributed by atoms with Crippen LogP contribution < -0.4 is 0 Å². The molecule has 0 atom stereocenters. The maximum absolute atomic E-state index is 10.8. The van der Waals surface area contributed by atoms with Gasteiger partial charge in [-0.05, 0) is 12.0 Å². The summed E-state index contributed by atoms with van der Waals surface area (Å²) in [5, 5.41) is 8.69. The third-order valence-electron chi connectivity index (χ3n) is 1.64. The van der Waals surface area contributed by atoms with E-state index in [0.717, 1.165) is 5.56 Å². The van der Waals surface area contributed by atoms with Gasteiger partial charge in [-0.2, -0.15) is 0 Å². The minimum absolute atomic E-state index is 0.0188. The van der Waals surface area contributed by atoms with Crippen LogP contribution in [0.3, 0.4) is 0 Å². The molecule has 0 radical (unpaired) electrons. The molecule has 0 spiro atoms. The quantitative estimate of drug-likeness (QED) is 0.537. The molecule has 0 fully saturated rings. The van der Waals surface area contributed by atoms with Gasteiger partial charge in [-0.15, -0.1) is 10.1 Å². The van der Waals surface area contributed by atoms with Crippen molar-refractivity contribution in [3.63, 3.8) is 0 Å². The molecule has 5 nitrogen and oxygen atoms in total. The summed E-state index contributed by atoms with van der Waals surface area (Å²) < 4.78 is 0. The lowest BCUT2D eigenvalue weighted by Crippen LogP contribution is -2.10. The average molecular weight is 195 g/mol. The van der Waals surface area contributed by atoms with Gasteiger partial charge in [0.15, 0.2) is 0 Å². The van der Waals surface area contributed by atoms with Crippen molar-refractivity contribution in [2.45, 2.75) is 12.8 Å². The van der Waals surface area contributed by atoms with Crippen LogP contribution >= 0.6 is 0 Å². The molecule has 0 bridgehead atoms. The van der Waals surface area contributed by atoms with Crippen molar-refractivity contribution in [3.05, 3.63) is 46.0 Å². The Morgan fingerprint density at radius 2 is 2.00 bits per heavy atom. The molecule has 0 N–H and O–H groups in total. The molecular weight excluding hydrogens is 186 g/mol. The van der Waals surface area contributed by atoms with Crippen molar-refractivity contribution in [2.75, 3.05) is 0 Å². The van der Waals surface area contributed by atoms with Gasteiger partial charge in [-0.3, -0.25) is 4.79 Å². The summed E-state index contributed by atoms with van der Waals surface area (Å²) in [4.78, 5) is 24.3. The first-order valence-electron chi connectivity index (χ1n) is 4.07. The van der Waals surface area contributed by atoms with Crippen LogP contribution in [0.5, 0.6) is 0 Å². The molecule has 0 aliphatic rings. The Hall–Kier alpha value is -1.91. The number of hydrogen-bond acceptors (Lipinski definition) is 4. The third-order valence-corrected chi connectivity index (χ3v) is 1.64. The molecule has 0 saturated heterocycles. The molecular formula is C9H9NO4. The number of benzene rings is 1. The maximum atomic E-state index is 10.8. The Labute approximate surface area is 80.4 Å². The summed E-state index contributed by atoms with van der Waals surface area (Å²) in [7, 11) is 0. The van der Waals surface area contributed by atoms with Crippen LogP contribution in [-0.2, 0) is 16.1 Å². The highest BCUT2D eigenvalue weighted by molar-refractivity contribution is 5.68. The van der Waals surface area contributed by atoms with E-state index in [1.807, 2.05) is 30.3 Å². The van der Waals surface area contributed by atoms with Gasteiger partial charge in [0.2, 0.25) is 0 Å². The fourth-order valence-corrected chi connectivity index (χ4v) is 1.02. The summed E-state index contributed by atoms with van der Waals surface area (Å²) in [6.07, 6.45) is 0.471. The maximum Gasteiger partial charge on any atom is 0.304 e. The molecule has 1 aromatic rings. The zero-order chi connectivity index (χ0) is 10.4. The van der Waals surface area contributed by atoms with E-state index >= 15 is 0 Å². The largest absolute Gasteiger partial charge is 0.304 e. The van der Waals surface area contributed by atoms with E-state index in [9.17, 15) is 14.9 Å². The Balaban J connectivity index is 2.34. The fourth-order valence-electron chi connectivity index (χ4n) is 1.02. The molecule has 0 aliphatic heterocycles. The molecule has 0 saturated carbocycles. The van der Waals surface area contributed by atoms with Gasteiger partial charge in [0.05, 0.1) is 0 Å². The molecule has 0 heterocycles. The second kappa shape index (κ2) is 4.96. The second-order valence-electron chi connectivity index (χ2n) is 2.67. The molecule has 0 aromatic heterocycles. The number of carbonyl (C=O) groups excluding carboxylic acids is 1. The van der Waals surface area contributed by atoms with Crippen molar-refractivity contribution in [1.29, 1.82) is 0 Å². The summed E-state index contributed by atoms with van der Waals surface area (Å²) in [6.45, 7) is 0. The molecule has 1 aromatic carbocycles. The van der Waals surface area contributed by atoms with Gasteiger partial charge < -0.3 is 0 Å². The van der Waals surface area contributed by atoms with Crippen molar-refractivity contribution >= 4 is 5.97 Å². The van der Waals surface area contributed by atoms with Gasteiger partial charge in [-0.25, -0.2) is 4.84 Å². The molecule has 0 aliphatic carbocycles. The second-order valence-corrected chi connectivity index (χ2v) is 2.67. The van der Waals surface area contributed by atoms with E-state index in [0.29, 0.717) is 6.42 Å². The van der Waals surface area contributed by atoms with Crippen LogP contribution in [0.4, 0.5) is 0 Å². The van der Waals surface area contributed by atoms with Crippen LogP contribution in [0.2, 0.25) is 0 Å². The summed E-state index contributed by atoms with van der Waals surface area (Å²) in [5.74, 6) is -0.821. The van der Waals surface area contributed by atoms with Gasteiger partial charge in [0.1, 0.15) is 0 Å². The fraction of sp³-hybridized carbons (Fsp3) is 0.222. The van der Waals surface area contributed by atoms with Crippen molar-refractivity contribution in [2.24, 2.45) is 0 Å². The molecule has 0 unspecified atom stereocenters. The van der Waals surface area contributed by atoms with Gasteiger partial charge >= 0.3 is 11.1 Å². The molecule has 1 rings (SSSR count). The minimum Gasteiger partial charge on any atom is -0.268 e. The van der Waals surface area contributed by atoms with Crippen LogP contribution in [0, 0.1) is 10.1 Å². The van der Waals surface area contributed by atoms with Crippen LogP contribution in [-0.4, -0.2) is 11.1 Å². The number of aryl methyl sites for hydroxylation is 1. The number of hydrogen-bond donors (Lipinski definition) is 0. The number of nitrogens with zero attached hydrogens (tertiary/aromatic N) is 1. The van der Waals surface area contributed by atoms with E-state index < -0.39 is 11.1 Å². The molecule has 74 valence electrons. The first-order valence-corrected chi connectivity index (χ1v) is 4.07. The first-order chi connectivity index (χ1) is 6.68. The van der Waals surface area contributed by atoms with Gasteiger partial charge in [0.25, 0.3) is 0 Å². The molecule has 5 heteroatoms. The van der Waals surface area contributed by atoms with Crippen LogP contribution in [0.25, 0.3) is 0 Å². The summed E-state index contributed by atoms with van der Waals surface area (Å²) in [5.41, 5.74) is 0.952. The lowest BCUT2D eigenvalue weighted by molar-refractivity contribution is -0.729. The normalized spacial score (nSPS) is 9.43. The van der Waals surface area contributed by atoms with E-state index in [-0.39, 0.29) is 6.42 Å². The predicted octanol–water partition coefficient (Wildman–Crippen LogP) is 1.35. The van der Waals surface area contributed by atoms with Crippen LogP contribution in [0.15, 0.2) is 30.3 Å². The highest BCUT2D eigenvalue weighted by Crippen LogP contribution is 2.02. The van der Waals surface area contributed by atoms with Crippen molar-refractivity contribution in [1.82, 2.24) is 0 Å². The lowest BCUT2D eigenvalue weighted by atomic mass is 10.1. The van der Waals surface area contributed by atoms with Crippen molar-refractivity contribution < 1.29 is 14.7 Å². The Bertz CT molecular complexity index is 323. The standard InChI is InChI=1S/C9H9NO4/c11-9(14-10(12)13)7-6-8-4-2-1-3-5-8/h1-5H,6-7H2. The van der Waals surface area contributed by atoms with E-state index in [1.54, 1.807) is 0 Å². The van der Waals surface area contributed by atoms with Crippen molar-refractivity contribution in [3.8, 4) is 0 Å². The highest BCUT2D eigenvalue weighted by Gasteiger charge is 2.06. The first kappa shape index (κ1) is 10.2. The number of rotatable bonds is 4. The topological polar surface area (TPSA) is 69.4 Å². The summed E-state index contributed by atoms with van der Waals surface area (Å²) >= 11 is 0. The zero-order valence-electron chi connectivity index (χ0n) is 7.38. The number of carbonyl (C=O) groups is 1. The molecule has 0 amide bonds. The third kappa shape index (κ3) is 3.66. The SMILES string of the molecule is O=C(CCc1ccccc1)O[N+](=O)[O-]. The van der Waals surface area contributed by atoms with Crippen LogP contribution in [0.1, 0.15) is 12.0 Å². The average Bonchev–Trinajstić information content (AvgIpc) is 2.15. The van der Waals surface area contributed by atoms with E-state index in [4.69, 9.17) is 0 Å². The lowest BCUT2D eigenvalue weighted by Gasteiger charge is -1.98. The minimum atomic E-state index is -1.09. The Kier molecular flexibility index (Phi) is 3.60. The smallest absolute Gasteiger partial charge is 0.268 e. The predicted molar refractivity (Wildman–Crippen MR) is 47.8 cm³/mol. The molecule has 14 heavy (non-hydrogen) atoms. The van der Waals surface area contributed by atoms with E-state index in [2.05, 4.69) is 4.84 Å². The van der Waals surface area contributed by atoms with Gasteiger partial charge in [-0.1, -0.05) is 30.3 Å². The highest BCUT2D eigenvalue weighted by atomic mass is 17.0. The monoisotopic (exact) mass is 195 g/mol. The zero-order valence-corrected chi connectivity index (χ0v) is 7.38. The summed E-state index contributed by atoms with van der Waals surface area (Å²) in [6, 6.07) is 9.24. The Morgan fingerprint density at radius 3 is 2.57 bits per heavy atom. The van der Waals surface area contributed by atoms with Gasteiger partial charge in [0, 0.05) is 6.42 Å². The van der Waals surface area contributed by atoms with E-state index in [1.165, 1.54) is 0 Å². The Morgan fingerprint density at radius 1 is 1.36 bits per heavy atom.